The number of nitrogens with one attached hydrogen (secondary N) is 1. The Hall–Kier alpha value is -0.620. The van der Waals surface area contributed by atoms with E-state index in [1.54, 1.807) is 6.92 Å². The summed E-state index contributed by atoms with van der Waals surface area (Å²) in [6.07, 6.45) is -0.737. The highest BCUT2D eigenvalue weighted by molar-refractivity contribution is 7.80. The smallest absolute Gasteiger partial charge is 0.407 e. The maximum absolute atomic E-state index is 10.7. The first-order valence-electron chi connectivity index (χ1n) is 3.38. The summed E-state index contributed by atoms with van der Waals surface area (Å²) in [6.45, 7) is 1.85. The molecule has 0 radical (unpaired) electrons. The zero-order valence-electron chi connectivity index (χ0n) is 7.02. The molecule has 0 aliphatic rings. The fourth-order valence-corrected chi connectivity index (χ4v) is 0.748. The summed E-state index contributed by atoms with van der Waals surface area (Å²) in [4.78, 5) is 21.0. The minimum atomic E-state index is -1.13. The van der Waals surface area contributed by atoms with Crippen molar-refractivity contribution < 1.29 is 19.4 Å². The van der Waals surface area contributed by atoms with Gasteiger partial charge in [0.25, 0.3) is 0 Å². The molecule has 0 heterocycles. The highest BCUT2D eigenvalue weighted by Crippen LogP contribution is 1.89. The number of alkyl carbamates (subject to hydrolysis) is 1. The molecule has 0 unspecified atom stereocenters. The largest absolute Gasteiger partial charge is 0.480 e. The van der Waals surface area contributed by atoms with Crippen LogP contribution in [-0.4, -0.2) is 35.6 Å². The van der Waals surface area contributed by atoms with Gasteiger partial charge in [-0.25, -0.2) is 9.59 Å². The molecule has 2 N–H and O–H groups in total. The second kappa shape index (κ2) is 8.00. The molecular formula is C6H12ClNO4S. The van der Waals surface area contributed by atoms with E-state index < -0.39 is 18.1 Å². The second-order valence-corrected chi connectivity index (χ2v) is 2.30. The predicted molar refractivity (Wildman–Crippen MR) is 52.7 cm³/mol. The van der Waals surface area contributed by atoms with Gasteiger partial charge in [-0.15, -0.1) is 12.4 Å². The van der Waals surface area contributed by atoms with Crippen LogP contribution < -0.4 is 5.32 Å². The van der Waals surface area contributed by atoms with E-state index in [0.717, 1.165) is 0 Å². The normalized spacial score (nSPS) is 10.9. The van der Waals surface area contributed by atoms with Gasteiger partial charge in [0, 0.05) is 5.75 Å². The maximum atomic E-state index is 10.7. The van der Waals surface area contributed by atoms with Gasteiger partial charge in [0.2, 0.25) is 0 Å². The van der Waals surface area contributed by atoms with Gasteiger partial charge in [0.1, 0.15) is 6.04 Å². The Bertz CT molecular complexity index is 178. The van der Waals surface area contributed by atoms with Gasteiger partial charge in [-0.05, 0) is 6.92 Å². The number of carboxylic acid groups (broad SMARTS) is 1. The number of rotatable bonds is 4. The number of ether oxygens (including phenoxy) is 1. The number of carbonyl (C=O) groups excluding carboxylic acids is 1. The van der Waals surface area contributed by atoms with Crippen LogP contribution in [0, 0.1) is 0 Å². The van der Waals surface area contributed by atoms with E-state index in [-0.39, 0.29) is 24.8 Å². The minimum absolute atomic E-state index is 0. The predicted octanol–water partition coefficient (Wildman–Crippen LogP) is 0.537. The fourth-order valence-electron chi connectivity index (χ4n) is 0.500. The molecule has 78 valence electrons. The SMILES string of the molecule is CCOC(=O)N[C@@H](CS)C(=O)O.Cl. The van der Waals surface area contributed by atoms with Crippen molar-refractivity contribution in [1.29, 1.82) is 0 Å². The third-order valence-corrected chi connectivity index (χ3v) is 1.41. The molecule has 1 atom stereocenters. The molecule has 0 aromatic rings. The monoisotopic (exact) mass is 229 g/mol. The molecule has 0 saturated carbocycles. The number of aliphatic carboxylic acids is 1. The lowest BCUT2D eigenvalue weighted by Gasteiger charge is -2.10. The molecule has 13 heavy (non-hydrogen) atoms. The molecule has 0 bridgehead atoms. The number of thiol groups is 1. The first kappa shape index (κ1) is 14.9. The van der Waals surface area contributed by atoms with Crippen LogP contribution in [0.1, 0.15) is 6.92 Å². The van der Waals surface area contributed by atoms with Gasteiger partial charge in [-0.2, -0.15) is 12.6 Å². The lowest BCUT2D eigenvalue weighted by molar-refractivity contribution is -0.138. The molecule has 0 aliphatic carbocycles. The van der Waals surface area contributed by atoms with Gasteiger partial charge in [0.05, 0.1) is 6.61 Å². The van der Waals surface area contributed by atoms with E-state index >= 15 is 0 Å². The van der Waals surface area contributed by atoms with Gasteiger partial charge < -0.3 is 15.2 Å². The van der Waals surface area contributed by atoms with Crippen LogP contribution in [0.25, 0.3) is 0 Å². The van der Waals surface area contributed by atoms with E-state index in [1.807, 2.05) is 0 Å². The summed E-state index contributed by atoms with van der Waals surface area (Å²) in [5.41, 5.74) is 0. The van der Waals surface area contributed by atoms with Crippen molar-refractivity contribution in [3.63, 3.8) is 0 Å². The number of carboxylic acids is 1. The van der Waals surface area contributed by atoms with Crippen molar-refractivity contribution in [2.75, 3.05) is 12.4 Å². The third-order valence-electron chi connectivity index (χ3n) is 1.05. The van der Waals surface area contributed by atoms with Crippen LogP contribution in [0.3, 0.4) is 0 Å². The van der Waals surface area contributed by atoms with E-state index in [2.05, 4.69) is 22.7 Å². The Morgan fingerprint density at radius 1 is 1.62 bits per heavy atom. The molecule has 7 heteroatoms. The first-order chi connectivity index (χ1) is 5.61. The van der Waals surface area contributed by atoms with Gasteiger partial charge in [0.15, 0.2) is 0 Å². The average molecular weight is 230 g/mol. The average Bonchev–Trinajstić information content (AvgIpc) is 2.00. The molecular weight excluding hydrogens is 218 g/mol. The van der Waals surface area contributed by atoms with Crippen LogP contribution in [0.5, 0.6) is 0 Å². The van der Waals surface area contributed by atoms with Crippen molar-refractivity contribution in [3.05, 3.63) is 0 Å². The van der Waals surface area contributed by atoms with Crippen molar-refractivity contribution in [3.8, 4) is 0 Å². The van der Waals surface area contributed by atoms with Gasteiger partial charge in [-0.3, -0.25) is 0 Å². The van der Waals surface area contributed by atoms with Crippen LogP contribution >= 0.6 is 25.0 Å². The van der Waals surface area contributed by atoms with E-state index in [0.29, 0.717) is 0 Å². The maximum Gasteiger partial charge on any atom is 0.407 e. The lowest BCUT2D eigenvalue weighted by atomic mass is 10.3. The Kier molecular flexibility index (Phi) is 9.16. The Balaban J connectivity index is 0. The Morgan fingerprint density at radius 3 is 2.46 bits per heavy atom. The molecule has 0 fully saturated rings. The number of halogens is 1. The highest BCUT2D eigenvalue weighted by atomic mass is 35.5. The summed E-state index contributed by atoms with van der Waals surface area (Å²) in [6, 6.07) is -0.993. The summed E-state index contributed by atoms with van der Waals surface area (Å²) in [5, 5.41) is 10.6. The third kappa shape index (κ3) is 6.53. The summed E-state index contributed by atoms with van der Waals surface area (Å²) in [7, 11) is 0. The number of hydrogen-bond donors (Lipinski definition) is 3. The van der Waals surface area contributed by atoms with Crippen molar-refractivity contribution in [1.82, 2.24) is 5.32 Å². The number of amides is 1. The van der Waals surface area contributed by atoms with Gasteiger partial charge in [-0.1, -0.05) is 0 Å². The molecule has 0 aliphatic heterocycles. The standard InChI is InChI=1S/C6H11NO4S.ClH/c1-2-11-6(10)7-4(3-12)5(8)9;/h4,12H,2-3H2,1H3,(H,7,10)(H,8,9);1H/t4-;/m0./s1. The fraction of sp³-hybridized carbons (Fsp3) is 0.667. The Morgan fingerprint density at radius 2 is 2.15 bits per heavy atom. The summed E-state index contributed by atoms with van der Waals surface area (Å²) < 4.78 is 4.48. The topological polar surface area (TPSA) is 75.6 Å². The van der Waals surface area contributed by atoms with Crippen molar-refractivity contribution in [2.24, 2.45) is 0 Å². The second-order valence-electron chi connectivity index (χ2n) is 1.94. The molecule has 0 aromatic carbocycles. The molecule has 0 saturated heterocycles. The summed E-state index contributed by atoms with van der Waals surface area (Å²) in [5.74, 6) is -1.09. The summed E-state index contributed by atoms with van der Waals surface area (Å²) >= 11 is 3.75. The van der Waals surface area contributed by atoms with E-state index in [4.69, 9.17) is 5.11 Å². The van der Waals surface area contributed by atoms with E-state index in [1.165, 1.54) is 0 Å². The highest BCUT2D eigenvalue weighted by Gasteiger charge is 2.17. The molecule has 5 nitrogen and oxygen atoms in total. The van der Waals surface area contributed by atoms with Gasteiger partial charge >= 0.3 is 12.1 Å². The molecule has 0 spiro atoms. The van der Waals surface area contributed by atoms with Crippen LogP contribution in [0.4, 0.5) is 4.79 Å². The number of hydrogen-bond acceptors (Lipinski definition) is 4. The molecule has 0 rings (SSSR count). The van der Waals surface area contributed by atoms with Crippen molar-refractivity contribution >= 4 is 37.1 Å². The van der Waals surface area contributed by atoms with E-state index in [9.17, 15) is 9.59 Å². The Labute approximate surface area is 87.7 Å². The zero-order valence-corrected chi connectivity index (χ0v) is 8.73. The van der Waals surface area contributed by atoms with Crippen LogP contribution in [-0.2, 0) is 9.53 Å². The number of carbonyl (C=O) groups is 2. The first-order valence-corrected chi connectivity index (χ1v) is 4.02. The molecule has 1 amide bonds. The van der Waals surface area contributed by atoms with Crippen molar-refractivity contribution in [2.45, 2.75) is 13.0 Å². The lowest BCUT2D eigenvalue weighted by Crippen LogP contribution is -2.42. The zero-order chi connectivity index (χ0) is 9.56. The quantitative estimate of drug-likeness (QED) is 0.615. The molecule has 0 aromatic heterocycles. The van der Waals surface area contributed by atoms with Crippen LogP contribution in [0.2, 0.25) is 0 Å². The minimum Gasteiger partial charge on any atom is -0.480 e. The van der Waals surface area contributed by atoms with Crippen LogP contribution in [0.15, 0.2) is 0 Å².